The zero-order valence-electron chi connectivity index (χ0n) is 15.4. The molecule has 5 heteroatoms. The molecule has 1 aromatic carbocycles. The minimum absolute atomic E-state index is 0.0364. The van der Waals surface area contributed by atoms with Gasteiger partial charge >= 0.3 is 0 Å². The number of carbonyl (C=O) groups is 1. The summed E-state index contributed by atoms with van der Waals surface area (Å²) in [4.78, 5) is 18.6. The fraction of sp³-hybridized carbons (Fsp3) is 0.400. The van der Waals surface area contributed by atoms with Crippen molar-refractivity contribution in [3.8, 4) is 5.75 Å². The number of aryl methyl sites for hydroxylation is 1. The van der Waals surface area contributed by atoms with Crippen molar-refractivity contribution >= 4 is 17.2 Å². The Morgan fingerprint density at radius 3 is 2.84 bits per heavy atom. The number of thiazole rings is 1. The van der Waals surface area contributed by atoms with Crippen molar-refractivity contribution in [2.45, 2.75) is 40.8 Å². The maximum absolute atomic E-state index is 12.3. The van der Waals surface area contributed by atoms with Gasteiger partial charge < -0.3 is 9.64 Å². The van der Waals surface area contributed by atoms with E-state index in [0.717, 1.165) is 22.0 Å². The molecule has 134 valence electrons. The van der Waals surface area contributed by atoms with Gasteiger partial charge in [-0.2, -0.15) is 0 Å². The molecule has 2 rings (SSSR count). The van der Waals surface area contributed by atoms with Gasteiger partial charge in [0.05, 0.1) is 12.2 Å². The second kappa shape index (κ2) is 8.81. The predicted octanol–water partition coefficient (Wildman–Crippen LogP) is 4.51. The zero-order valence-corrected chi connectivity index (χ0v) is 16.2. The van der Waals surface area contributed by atoms with Crippen LogP contribution in [0.1, 0.15) is 35.7 Å². The largest absolute Gasteiger partial charge is 0.486 e. The lowest BCUT2D eigenvalue weighted by molar-refractivity contribution is -0.134. The molecule has 0 saturated carbocycles. The molecule has 25 heavy (non-hydrogen) atoms. The highest BCUT2D eigenvalue weighted by Gasteiger charge is 2.17. The molecule has 1 aromatic heterocycles. The Balaban J connectivity index is 2.00. The quantitative estimate of drug-likeness (QED) is 0.652. The predicted molar refractivity (Wildman–Crippen MR) is 103 cm³/mol. The number of benzene rings is 1. The third-order valence-corrected chi connectivity index (χ3v) is 4.88. The molecule has 0 aliphatic carbocycles. The molecule has 0 atom stereocenters. The Hall–Kier alpha value is -2.14. The number of nitrogens with zero attached hydrogens (tertiary/aromatic N) is 2. The summed E-state index contributed by atoms with van der Waals surface area (Å²) in [6, 6.07) is 6.04. The van der Waals surface area contributed by atoms with E-state index in [0.29, 0.717) is 19.7 Å². The summed E-state index contributed by atoms with van der Waals surface area (Å²) in [6.45, 7) is 13.2. The van der Waals surface area contributed by atoms with Crippen molar-refractivity contribution < 1.29 is 9.53 Å². The van der Waals surface area contributed by atoms with Crippen LogP contribution < -0.4 is 4.74 Å². The number of rotatable bonds is 8. The second-order valence-electron chi connectivity index (χ2n) is 6.38. The monoisotopic (exact) mass is 358 g/mol. The van der Waals surface area contributed by atoms with E-state index in [1.54, 1.807) is 22.3 Å². The van der Waals surface area contributed by atoms with Crippen LogP contribution in [0.25, 0.3) is 0 Å². The molecule has 0 saturated heterocycles. The lowest BCUT2D eigenvalue weighted by atomic mass is 10.1. The van der Waals surface area contributed by atoms with E-state index in [4.69, 9.17) is 4.74 Å². The summed E-state index contributed by atoms with van der Waals surface area (Å²) < 4.78 is 5.91. The van der Waals surface area contributed by atoms with Crippen molar-refractivity contribution in [2.75, 3.05) is 6.54 Å². The topological polar surface area (TPSA) is 42.4 Å². The Kier molecular flexibility index (Phi) is 6.76. The van der Waals surface area contributed by atoms with E-state index in [9.17, 15) is 4.79 Å². The molecule has 1 heterocycles. The first-order valence-corrected chi connectivity index (χ1v) is 9.32. The Morgan fingerprint density at radius 2 is 2.16 bits per heavy atom. The lowest BCUT2D eigenvalue weighted by Crippen LogP contribution is -2.34. The smallest absolute Gasteiger partial charge is 0.225 e. The third-order valence-electron chi connectivity index (χ3n) is 4.01. The maximum atomic E-state index is 12.3. The van der Waals surface area contributed by atoms with Gasteiger partial charge in [0.25, 0.3) is 0 Å². The van der Waals surface area contributed by atoms with E-state index in [-0.39, 0.29) is 11.8 Å². The van der Waals surface area contributed by atoms with Crippen LogP contribution in [-0.2, 0) is 17.9 Å². The Morgan fingerprint density at radius 1 is 1.40 bits per heavy atom. The first-order chi connectivity index (χ1) is 11.9. The highest BCUT2D eigenvalue weighted by Crippen LogP contribution is 2.22. The van der Waals surface area contributed by atoms with Crippen LogP contribution >= 0.6 is 11.3 Å². The van der Waals surface area contributed by atoms with Crippen LogP contribution in [0.2, 0.25) is 0 Å². The Labute approximate surface area is 154 Å². The summed E-state index contributed by atoms with van der Waals surface area (Å²) in [5.74, 6) is 0.965. The molecular formula is C20H26N2O2S. The molecule has 0 radical (unpaired) electrons. The van der Waals surface area contributed by atoms with Crippen molar-refractivity contribution in [3.05, 3.63) is 58.1 Å². The first kappa shape index (κ1) is 19.2. The number of hydrogen-bond donors (Lipinski definition) is 0. The van der Waals surface area contributed by atoms with Gasteiger partial charge in [0.15, 0.2) is 0 Å². The molecule has 4 nitrogen and oxygen atoms in total. The molecule has 2 aromatic rings. The molecule has 0 unspecified atom stereocenters. The van der Waals surface area contributed by atoms with E-state index < -0.39 is 0 Å². The highest BCUT2D eigenvalue weighted by molar-refractivity contribution is 7.09. The minimum Gasteiger partial charge on any atom is -0.486 e. The highest BCUT2D eigenvalue weighted by atomic mass is 32.1. The van der Waals surface area contributed by atoms with Crippen molar-refractivity contribution in [3.63, 3.8) is 0 Å². The van der Waals surface area contributed by atoms with E-state index in [1.807, 2.05) is 31.4 Å². The van der Waals surface area contributed by atoms with Crippen molar-refractivity contribution in [1.82, 2.24) is 9.88 Å². The van der Waals surface area contributed by atoms with Crippen LogP contribution in [0.15, 0.2) is 36.2 Å². The molecule has 0 bridgehead atoms. The van der Waals surface area contributed by atoms with Crippen LogP contribution in [0.5, 0.6) is 5.75 Å². The standard InChI is InChI=1S/C20H26N2O2S/c1-6-10-22(20(23)14(2)3)11-17-13-25-19(21-17)12-24-18-9-7-8-15(4)16(18)5/h6-9,13-14H,1,10-12H2,2-5H3. The summed E-state index contributed by atoms with van der Waals surface area (Å²) >= 11 is 1.56. The zero-order chi connectivity index (χ0) is 18.4. The molecule has 0 N–H and O–H groups in total. The van der Waals surface area contributed by atoms with Crippen molar-refractivity contribution in [1.29, 1.82) is 0 Å². The summed E-state index contributed by atoms with van der Waals surface area (Å²) in [7, 11) is 0. The van der Waals surface area contributed by atoms with Gasteiger partial charge in [-0.1, -0.05) is 32.1 Å². The normalized spacial score (nSPS) is 10.8. The third kappa shape index (κ3) is 5.16. The van der Waals surface area contributed by atoms with Gasteiger partial charge in [0.2, 0.25) is 5.91 Å². The fourth-order valence-electron chi connectivity index (χ4n) is 2.46. The van der Waals surface area contributed by atoms with Crippen molar-refractivity contribution in [2.24, 2.45) is 5.92 Å². The summed E-state index contributed by atoms with van der Waals surface area (Å²) in [6.07, 6.45) is 1.75. The second-order valence-corrected chi connectivity index (χ2v) is 7.32. The molecule has 0 spiro atoms. The summed E-state index contributed by atoms with van der Waals surface area (Å²) in [5.41, 5.74) is 3.25. The average molecular weight is 359 g/mol. The van der Waals surface area contributed by atoms with E-state index in [2.05, 4.69) is 31.5 Å². The number of amides is 1. The molecule has 0 aliphatic rings. The Bertz CT molecular complexity index is 737. The number of hydrogen-bond acceptors (Lipinski definition) is 4. The number of ether oxygens (including phenoxy) is 1. The SMILES string of the molecule is C=CCN(Cc1csc(COc2cccc(C)c2C)n1)C(=O)C(C)C. The van der Waals surface area contributed by atoms with Gasteiger partial charge in [-0.3, -0.25) is 4.79 Å². The molecule has 1 amide bonds. The van der Waals surface area contributed by atoms with Crippen LogP contribution in [0, 0.1) is 19.8 Å². The minimum atomic E-state index is -0.0364. The summed E-state index contributed by atoms with van der Waals surface area (Å²) in [5, 5.41) is 2.90. The molecular weight excluding hydrogens is 332 g/mol. The van der Waals surface area contributed by atoms with Crippen LogP contribution in [-0.4, -0.2) is 22.3 Å². The van der Waals surface area contributed by atoms with Gasteiger partial charge in [-0.25, -0.2) is 4.98 Å². The average Bonchev–Trinajstić information content (AvgIpc) is 3.02. The lowest BCUT2D eigenvalue weighted by Gasteiger charge is -2.22. The van der Waals surface area contributed by atoms with Crippen LogP contribution in [0.3, 0.4) is 0 Å². The van der Waals surface area contributed by atoms with Crippen LogP contribution in [0.4, 0.5) is 0 Å². The van der Waals surface area contributed by atoms with Gasteiger partial charge in [-0.05, 0) is 31.0 Å². The van der Waals surface area contributed by atoms with E-state index in [1.165, 1.54) is 5.56 Å². The van der Waals surface area contributed by atoms with E-state index >= 15 is 0 Å². The number of aromatic nitrogens is 1. The molecule has 0 fully saturated rings. The van der Waals surface area contributed by atoms with Gasteiger partial charge in [-0.15, -0.1) is 17.9 Å². The van der Waals surface area contributed by atoms with Gasteiger partial charge in [0.1, 0.15) is 17.4 Å². The maximum Gasteiger partial charge on any atom is 0.225 e. The fourth-order valence-corrected chi connectivity index (χ4v) is 3.15. The number of carbonyl (C=O) groups excluding carboxylic acids is 1. The molecule has 0 aliphatic heterocycles. The van der Waals surface area contributed by atoms with Gasteiger partial charge in [0, 0.05) is 17.8 Å². The first-order valence-electron chi connectivity index (χ1n) is 8.44.